The summed E-state index contributed by atoms with van der Waals surface area (Å²) in [5.74, 6) is 1.23. The molecule has 18 heavy (non-hydrogen) atoms. The molecule has 2 heteroatoms. The maximum atomic E-state index is 12.0. The van der Waals surface area contributed by atoms with Gasteiger partial charge in [-0.05, 0) is 30.7 Å². The van der Waals surface area contributed by atoms with Crippen molar-refractivity contribution < 1.29 is 4.79 Å². The van der Waals surface area contributed by atoms with Gasteiger partial charge < -0.3 is 5.32 Å². The minimum Gasteiger partial charge on any atom is -0.356 e. The van der Waals surface area contributed by atoms with Gasteiger partial charge >= 0.3 is 0 Å². The third-order valence-electron chi connectivity index (χ3n) is 3.86. The van der Waals surface area contributed by atoms with Crippen LogP contribution < -0.4 is 5.32 Å². The summed E-state index contributed by atoms with van der Waals surface area (Å²) in [5, 5.41) is 3.08. The molecule has 0 saturated heterocycles. The summed E-state index contributed by atoms with van der Waals surface area (Å²) in [7, 11) is 0. The average Bonchev–Trinajstić information content (AvgIpc) is 2.40. The maximum Gasteiger partial charge on any atom is 0.223 e. The number of rotatable bonds is 4. The molecule has 1 fully saturated rings. The second-order valence-corrected chi connectivity index (χ2v) is 5.50. The number of benzene rings is 1. The van der Waals surface area contributed by atoms with Crippen molar-refractivity contribution in [2.24, 2.45) is 11.8 Å². The lowest BCUT2D eigenvalue weighted by molar-refractivity contribution is -0.126. The fourth-order valence-electron chi connectivity index (χ4n) is 2.79. The SMILES string of the molecule is CC1CCCC(C(=O)NCCc2ccccc2)C1. The Labute approximate surface area is 110 Å². The summed E-state index contributed by atoms with van der Waals surface area (Å²) < 4.78 is 0. The van der Waals surface area contributed by atoms with Crippen LogP contribution in [0.4, 0.5) is 0 Å². The number of carbonyl (C=O) groups is 1. The van der Waals surface area contributed by atoms with E-state index in [1.165, 1.54) is 18.4 Å². The Hall–Kier alpha value is -1.31. The summed E-state index contributed by atoms with van der Waals surface area (Å²) in [6.45, 7) is 3.01. The van der Waals surface area contributed by atoms with Crippen LogP contribution in [0.1, 0.15) is 38.2 Å². The molecule has 1 saturated carbocycles. The van der Waals surface area contributed by atoms with E-state index in [-0.39, 0.29) is 11.8 Å². The zero-order valence-corrected chi connectivity index (χ0v) is 11.2. The molecular formula is C16H23NO. The van der Waals surface area contributed by atoms with Crippen molar-refractivity contribution in [2.75, 3.05) is 6.54 Å². The van der Waals surface area contributed by atoms with Crippen LogP contribution in [-0.2, 0) is 11.2 Å². The van der Waals surface area contributed by atoms with Crippen LogP contribution >= 0.6 is 0 Å². The predicted octanol–water partition coefficient (Wildman–Crippen LogP) is 3.17. The minimum absolute atomic E-state index is 0.254. The normalized spacial score (nSPS) is 23.6. The highest BCUT2D eigenvalue weighted by atomic mass is 16.1. The zero-order chi connectivity index (χ0) is 12.8. The summed E-state index contributed by atoms with van der Waals surface area (Å²) in [6, 6.07) is 10.3. The van der Waals surface area contributed by atoms with Crippen LogP contribution in [0.25, 0.3) is 0 Å². The van der Waals surface area contributed by atoms with Gasteiger partial charge in [-0.2, -0.15) is 0 Å². The van der Waals surface area contributed by atoms with Crippen LogP contribution in [0.5, 0.6) is 0 Å². The Morgan fingerprint density at radius 1 is 1.28 bits per heavy atom. The molecule has 1 N–H and O–H groups in total. The molecule has 2 unspecified atom stereocenters. The molecule has 98 valence electrons. The Morgan fingerprint density at radius 3 is 2.78 bits per heavy atom. The molecule has 0 heterocycles. The van der Waals surface area contributed by atoms with Gasteiger partial charge in [0.25, 0.3) is 0 Å². The number of amides is 1. The van der Waals surface area contributed by atoms with Crippen LogP contribution in [0.2, 0.25) is 0 Å². The van der Waals surface area contributed by atoms with E-state index in [1.54, 1.807) is 0 Å². The van der Waals surface area contributed by atoms with Crippen molar-refractivity contribution in [3.63, 3.8) is 0 Å². The molecule has 1 aliphatic carbocycles. The first-order valence-corrected chi connectivity index (χ1v) is 7.07. The summed E-state index contributed by atoms with van der Waals surface area (Å²) >= 11 is 0. The monoisotopic (exact) mass is 245 g/mol. The molecular weight excluding hydrogens is 222 g/mol. The average molecular weight is 245 g/mol. The second-order valence-electron chi connectivity index (χ2n) is 5.50. The Kier molecular flexibility index (Phi) is 4.80. The standard InChI is InChI=1S/C16H23NO/c1-13-6-5-9-15(12-13)16(18)17-11-10-14-7-3-2-4-8-14/h2-4,7-8,13,15H,5-6,9-12H2,1H3,(H,17,18). The van der Waals surface area contributed by atoms with Crippen molar-refractivity contribution in [2.45, 2.75) is 39.0 Å². The molecule has 1 aromatic carbocycles. The zero-order valence-electron chi connectivity index (χ0n) is 11.2. The van der Waals surface area contributed by atoms with Gasteiger partial charge in [0.1, 0.15) is 0 Å². The second kappa shape index (κ2) is 6.58. The van der Waals surface area contributed by atoms with E-state index >= 15 is 0 Å². The molecule has 2 nitrogen and oxygen atoms in total. The summed E-state index contributed by atoms with van der Waals surface area (Å²) in [6.07, 6.45) is 5.55. The summed E-state index contributed by atoms with van der Waals surface area (Å²) in [4.78, 5) is 12.0. The lowest BCUT2D eigenvalue weighted by atomic mass is 9.82. The Bertz CT molecular complexity index is 374. The Balaban J connectivity index is 1.71. The number of carbonyl (C=O) groups excluding carboxylic acids is 1. The largest absolute Gasteiger partial charge is 0.356 e. The first-order chi connectivity index (χ1) is 8.75. The molecule has 0 radical (unpaired) electrons. The van der Waals surface area contributed by atoms with Gasteiger partial charge in [-0.25, -0.2) is 0 Å². The first kappa shape index (κ1) is 13.1. The van der Waals surface area contributed by atoms with Crippen molar-refractivity contribution in [3.05, 3.63) is 35.9 Å². The number of hydrogen-bond acceptors (Lipinski definition) is 1. The minimum atomic E-state index is 0.254. The van der Waals surface area contributed by atoms with Crippen molar-refractivity contribution in [3.8, 4) is 0 Å². The van der Waals surface area contributed by atoms with E-state index in [9.17, 15) is 4.79 Å². The fourth-order valence-corrected chi connectivity index (χ4v) is 2.79. The predicted molar refractivity (Wildman–Crippen MR) is 74.3 cm³/mol. The highest BCUT2D eigenvalue weighted by Gasteiger charge is 2.24. The van der Waals surface area contributed by atoms with Gasteiger partial charge in [-0.3, -0.25) is 4.79 Å². The molecule has 1 aliphatic rings. The van der Waals surface area contributed by atoms with E-state index in [2.05, 4.69) is 24.4 Å². The molecule has 0 aromatic heterocycles. The molecule has 2 atom stereocenters. The van der Waals surface area contributed by atoms with Crippen LogP contribution in [0.3, 0.4) is 0 Å². The van der Waals surface area contributed by atoms with E-state index < -0.39 is 0 Å². The fraction of sp³-hybridized carbons (Fsp3) is 0.562. The highest BCUT2D eigenvalue weighted by Crippen LogP contribution is 2.28. The number of hydrogen-bond donors (Lipinski definition) is 1. The smallest absolute Gasteiger partial charge is 0.223 e. The molecule has 0 aliphatic heterocycles. The first-order valence-electron chi connectivity index (χ1n) is 7.07. The van der Waals surface area contributed by atoms with Crippen molar-refractivity contribution in [1.29, 1.82) is 0 Å². The van der Waals surface area contributed by atoms with Crippen LogP contribution in [-0.4, -0.2) is 12.5 Å². The van der Waals surface area contributed by atoms with E-state index in [0.29, 0.717) is 5.92 Å². The van der Waals surface area contributed by atoms with E-state index in [0.717, 1.165) is 25.8 Å². The quantitative estimate of drug-likeness (QED) is 0.867. The van der Waals surface area contributed by atoms with Crippen molar-refractivity contribution in [1.82, 2.24) is 5.32 Å². The molecule has 1 aromatic rings. The molecule has 0 spiro atoms. The van der Waals surface area contributed by atoms with Gasteiger partial charge in [0.2, 0.25) is 5.91 Å². The van der Waals surface area contributed by atoms with Gasteiger partial charge in [0.15, 0.2) is 0 Å². The maximum absolute atomic E-state index is 12.0. The topological polar surface area (TPSA) is 29.1 Å². The molecule has 0 bridgehead atoms. The third-order valence-corrected chi connectivity index (χ3v) is 3.86. The van der Waals surface area contributed by atoms with Gasteiger partial charge in [-0.15, -0.1) is 0 Å². The van der Waals surface area contributed by atoms with Crippen LogP contribution in [0, 0.1) is 11.8 Å². The third kappa shape index (κ3) is 3.86. The van der Waals surface area contributed by atoms with Crippen LogP contribution in [0.15, 0.2) is 30.3 Å². The van der Waals surface area contributed by atoms with E-state index in [1.807, 2.05) is 18.2 Å². The Morgan fingerprint density at radius 2 is 2.06 bits per heavy atom. The number of nitrogens with one attached hydrogen (secondary N) is 1. The van der Waals surface area contributed by atoms with E-state index in [4.69, 9.17) is 0 Å². The van der Waals surface area contributed by atoms with Gasteiger partial charge in [-0.1, -0.05) is 50.1 Å². The van der Waals surface area contributed by atoms with Gasteiger partial charge in [0, 0.05) is 12.5 Å². The molecule has 2 rings (SSSR count). The van der Waals surface area contributed by atoms with Crippen molar-refractivity contribution >= 4 is 5.91 Å². The summed E-state index contributed by atoms with van der Waals surface area (Å²) in [5.41, 5.74) is 1.29. The highest BCUT2D eigenvalue weighted by molar-refractivity contribution is 5.78. The lowest BCUT2D eigenvalue weighted by Crippen LogP contribution is -2.34. The lowest BCUT2D eigenvalue weighted by Gasteiger charge is -2.25. The van der Waals surface area contributed by atoms with Gasteiger partial charge in [0.05, 0.1) is 0 Å². The molecule has 1 amide bonds.